The number of anilines is 3. The lowest BCUT2D eigenvalue weighted by Gasteiger charge is -2.47. The first-order valence-electron chi connectivity index (χ1n) is 11.1. The molecule has 9 heteroatoms. The van der Waals surface area contributed by atoms with Gasteiger partial charge in [-0.05, 0) is 31.2 Å². The van der Waals surface area contributed by atoms with Gasteiger partial charge in [-0.15, -0.1) is 0 Å². The van der Waals surface area contributed by atoms with Crippen LogP contribution in [-0.4, -0.2) is 64.3 Å². The highest BCUT2D eigenvalue weighted by molar-refractivity contribution is 5.89. The number of hydrogen-bond donors (Lipinski definition) is 1. The van der Waals surface area contributed by atoms with Gasteiger partial charge < -0.3 is 24.4 Å². The Balaban J connectivity index is 1.33. The molecule has 3 aromatic rings. The van der Waals surface area contributed by atoms with Crippen LogP contribution in [-0.2, 0) is 24.8 Å². The molecule has 6 heterocycles. The van der Waals surface area contributed by atoms with Gasteiger partial charge in [-0.3, -0.25) is 4.79 Å². The number of nitrogens with one attached hydrogen (secondary N) is 1. The van der Waals surface area contributed by atoms with E-state index in [1.165, 1.54) is 0 Å². The van der Waals surface area contributed by atoms with E-state index in [2.05, 4.69) is 32.1 Å². The molecule has 2 fully saturated rings. The molecule has 9 nitrogen and oxygen atoms in total. The number of hydrogen-bond acceptors (Lipinski definition) is 8. The molecule has 3 aliphatic heterocycles. The number of nitrogens with zero attached hydrogens (tertiary/aromatic N) is 6. The fourth-order valence-corrected chi connectivity index (χ4v) is 5.23. The van der Waals surface area contributed by atoms with Crippen LogP contribution in [0.3, 0.4) is 0 Å². The normalized spacial score (nSPS) is 19.9. The third kappa shape index (κ3) is 3.15. The zero-order valence-electron chi connectivity index (χ0n) is 18.5. The van der Waals surface area contributed by atoms with Crippen LogP contribution in [0.2, 0.25) is 0 Å². The highest BCUT2D eigenvalue weighted by Crippen LogP contribution is 2.41. The summed E-state index contributed by atoms with van der Waals surface area (Å²) in [5.74, 6) is 1.28. The second-order valence-corrected chi connectivity index (χ2v) is 9.43. The van der Waals surface area contributed by atoms with Gasteiger partial charge in [-0.25, -0.2) is 15.0 Å². The minimum Gasteiger partial charge on any atom is -0.381 e. The standard InChI is InChI=1S/C23H27N7O2/c1-28-7-4-18-16(11-28)9-17(21(31)29(18)2)26-22-25-10-15-3-6-24-20(19(15)27-22)30-12-23(13-30)5-8-32-14-23/h3,6,9-10H,4-5,7-8,11-14H2,1-2H3,(H,25,26,27). The maximum absolute atomic E-state index is 13.0. The van der Waals surface area contributed by atoms with Gasteiger partial charge in [0.15, 0.2) is 5.82 Å². The van der Waals surface area contributed by atoms with Crippen LogP contribution in [0.25, 0.3) is 10.9 Å². The second-order valence-electron chi connectivity index (χ2n) is 9.43. The van der Waals surface area contributed by atoms with Crippen molar-refractivity contribution in [3.63, 3.8) is 0 Å². The fourth-order valence-electron chi connectivity index (χ4n) is 5.23. The highest BCUT2D eigenvalue weighted by Gasteiger charge is 2.46. The number of aromatic nitrogens is 4. The molecule has 0 aromatic carbocycles. The summed E-state index contributed by atoms with van der Waals surface area (Å²) in [4.78, 5) is 31.4. The van der Waals surface area contributed by atoms with E-state index in [-0.39, 0.29) is 11.0 Å². The molecule has 32 heavy (non-hydrogen) atoms. The number of ether oxygens (including phenoxy) is 1. The third-order valence-electron chi connectivity index (χ3n) is 7.06. The number of likely N-dealkylation sites (N-methyl/N-ethyl adjacent to an activating group) is 1. The Labute approximate surface area is 186 Å². The van der Waals surface area contributed by atoms with E-state index in [4.69, 9.17) is 9.72 Å². The molecular weight excluding hydrogens is 406 g/mol. The Bertz CT molecular complexity index is 1260. The van der Waals surface area contributed by atoms with Gasteiger partial charge in [0.1, 0.15) is 11.2 Å². The highest BCUT2D eigenvalue weighted by atomic mass is 16.5. The molecule has 3 aromatic heterocycles. The Morgan fingerprint density at radius 2 is 2.09 bits per heavy atom. The number of fused-ring (bicyclic) bond motifs is 2. The largest absolute Gasteiger partial charge is 0.381 e. The van der Waals surface area contributed by atoms with Gasteiger partial charge >= 0.3 is 0 Å². The van der Waals surface area contributed by atoms with Gasteiger partial charge in [0.25, 0.3) is 5.56 Å². The molecule has 6 rings (SSSR count). The molecule has 0 atom stereocenters. The Hall–Kier alpha value is -3.04. The maximum Gasteiger partial charge on any atom is 0.274 e. The average molecular weight is 434 g/mol. The van der Waals surface area contributed by atoms with E-state index in [9.17, 15) is 4.79 Å². The number of pyridine rings is 2. The predicted octanol–water partition coefficient (Wildman–Crippen LogP) is 1.68. The summed E-state index contributed by atoms with van der Waals surface area (Å²) in [6.07, 6.45) is 5.58. The first-order chi connectivity index (χ1) is 15.5. The summed E-state index contributed by atoms with van der Waals surface area (Å²) in [7, 11) is 3.94. The monoisotopic (exact) mass is 433 g/mol. The minimum absolute atomic E-state index is 0.0608. The Morgan fingerprint density at radius 3 is 2.91 bits per heavy atom. The molecule has 0 radical (unpaired) electrons. The lowest BCUT2D eigenvalue weighted by Crippen LogP contribution is -2.57. The lowest BCUT2D eigenvalue weighted by molar-refractivity contribution is 0.131. The second kappa shape index (κ2) is 7.25. The summed E-state index contributed by atoms with van der Waals surface area (Å²) in [6, 6.07) is 3.87. The molecule has 2 saturated heterocycles. The molecule has 0 saturated carbocycles. The predicted molar refractivity (Wildman–Crippen MR) is 122 cm³/mol. The van der Waals surface area contributed by atoms with Crippen LogP contribution < -0.4 is 15.8 Å². The topological polar surface area (TPSA) is 88.4 Å². The van der Waals surface area contributed by atoms with E-state index in [1.54, 1.807) is 17.0 Å². The van der Waals surface area contributed by atoms with Crippen molar-refractivity contribution < 1.29 is 4.74 Å². The molecule has 0 unspecified atom stereocenters. The van der Waals surface area contributed by atoms with Gasteiger partial charge in [0.05, 0.1) is 6.61 Å². The van der Waals surface area contributed by atoms with Crippen molar-refractivity contribution in [3.05, 3.63) is 46.1 Å². The van der Waals surface area contributed by atoms with Crippen LogP contribution in [0.5, 0.6) is 0 Å². The molecule has 0 bridgehead atoms. The smallest absolute Gasteiger partial charge is 0.274 e. The maximum atomic E-state index is 13.0. The summed E-state index contributed by atoms with van der Waals surface area (Å²) < 4.78 is 7.36. The molecule has 0 aliphatic carbocycles. The summed E-state index contributed by atoms with van der Waals surface area (Å²) in [6.45, 7) is 5.33. The van der Waals surface area contributed by atoms with Gasteiger partial charge in [-0.1, -0.05) is 0 Å². The Morgan fingerprint density at radius 1 is 1.22 bits per heavy atom. The van der Waals surface area contributed by atoms with E-state index in [0.717, 1.165) is 80.2 Å². The van der Waals surface area contributed by atoms with Crippen LogP contribution >= 0.6 is 0 Å². The Kier molecular flexibility index (Phi) is 4.44. The van der Waals surface area contributed by atoms with Crippen molar-refractivity contribution in [3.8, 4) is 0 Å². The SMILES string of the molecule is CN1CCc2c(cc(Nc3ncc4ccnc(N5CC6(CCOC6)C5)c4n3)c(=O)n2C)C1. The molecule has 166 valence electrons. The zero-order chi connectivity index (χ0) is 21.9. The van der Waals surface area contributed by atoms with Crippen LogP contribution in [0.4, 0.5) is 17.5 Å². The van der Waals surface area contributed by atoms with E-state index in [0.29, 0.717) is 11.6 Å². The quantitative estimate of drug-likeness (QED) is 0.668. The summed E-state index contributed by atoms with van der Waals surface area (Å²) in [5.41, 5.74) is 3.77. The van der Waals surface area contributed by atoms with Crippen molar-refractivity contribution in [1.29, 1.82) is 0 Å². The number of rotatable bonds is 3. The van der Waals surface area contributed by atoms with Crippen molar-refractivity contribution in [2.24, 2.45) is 12.5 Å². The van der Waals surface area contributed by atoms with E-state index in [1.807, 2.05) is 19.2 Å². The average Bonchev–Trinajstić information content (AvgIpc) is 3.26. The first kappa shape index (κ1) is 19.6. The van der Waals surface area contributed by atoms with Crippen molar-refractivity contribution in [1.82, 2.24) is 24.4 Å². The van der Waals surface area contributed by atoms with Crippen molar-refractivity contribution >= 4 is 28.4 Å². The van der Waals surface area contributed by atoms with Crippen molar-refractivity contribution in [2.75, 3.05) is 50.1 Å². The lowest BCUT2D eigenvalue weighted by atomic mass is 9.79. The zero-order valence-corrected chi connectivity index (χ0v) is 18.5. The van der Waals surface area contributed by atoms with Crippen molar-refractivity contribution in [2.45, 2.75) is 19.4 Å². The van der Waals surface area contributed by atoms with Gasteiger partial charge in [-0.2, -0.15) is 0 Å². The molecule has 1 spiro atoms. The first-order valence-corrected chi connectivity index (χ1v) is 11.1. The third-order valence-corrected chi connectivity index (χ3v) is 7.06. The molecule has 0 amide bonds. The van der Waals surface area contributed by atoms with Gasteiger partial charge in [0, 0.05) is 75.1 Å². The molecule has 1 N–H and O–H groups in total. The summed E-state index contributed by atoms with van der Waals surface area (Å²) in [5, 5.41) is 4.11. The van der Waals surface area contributed by atoms with Crippen LogP contribution in [0, 0.1) is 5.41 Å². The van der Waals surface area contributed by atoms with Gasteiger partial charge in [0.2, 0.25) is 5.95 Å². The van der Waals surface area contributed by atoms with Crippen LogP contribution in [0.1, 0.15) is 17.7 Å². The fraction of sp³-hybridized carbons (Fsp3) is 0.478. The van der Waals surface area contributed by atoms with Crippen LogP contribution in [0.15, 0.2) is 29.3 Å². The van der Waals surface area contributed by atoms with E-state index < -0.39 is 0 Å². The molecule has 3 aliphatic rings. The molecular formula is C23H27N7O2. The summed E-state index contributed by atoms with van der Waals surface area (Å²) >= 11 is 0. The van der Waals surface area contributed by atoms with E-state index >= 15 is 0 Å². The minimum atomic E-state index is -0.0608.